The van der Waals surface area contributed by atoms with Gasteiger partial charge in [-0.3, -0.25) is 4.31 Å². The monoisotopic (exact) mass is 551 g/mol. The van der Waals surface area contributed by atoms with Crippen molar-refractivity contribution in [1.29, 1.82) is 5.26 Å². The highest BCUT2D eigenvalue weighted by molar-refractivity contribution is 9.10. The van der Waals surface area contributed by atoms with Gasteiger partial charge in [-0.05, 0) is 42.8 Å². The zero-order valence-electron chi connectivity index (χ0n) is 18.5. The number of para-hydroxylation sites is 1. The number of fused-ring (bicyclic) bond motifs is 2. The third kappa shape index (κ3) is 3.79. The molecule has 2 N–H and O–H groups in total. The van der Waals surface area contributed by atoms with Crippen LogP contribution in [0.5, 0.6) is 0 Å². The SMILES string of the molecule is Cc1cccc(CN2c3ccccc3C3=C([C@H](c4cc(Br)ccc4F)C(C#N)=C(N)O3)S2(=O)=O)c1. The van der Waals surface area contributed by atoms with Crippen molar-refractivity contribution >= 4 is 37.4 Å². The molecular formula is C26H19BrFN3O3S. The molecule has 35 heavy (non-hydrogen) atoms. The van der Waals surface area contributed by atoms with Crippen molar-refractivity contribution in [2.45, 2.75) is 19.4 Å². The first-order chi connectivity index (χ1) is 16.7. The van der Waals surface area contributed by atoms with Crippen molar-refractivity contribution in [3.63, 3.8) is 0 Å². The minimum atomic E-state index is -4.28. The van der Waals surface area contributed by atoms with Crippen LogP contribution in [0.3, 0.4) is 0 Å². The standard InChI is InChI=1S/C26H19BrFN3O3S/c1-15-5-4-6-16(11-15)14-31-22-8-3-2-7-18(22)24-25(35(31,32)33)23(20(13-29)26(30)34-24)19-12-17(27)9-10-21(19)28/h2-12,23H,14,30H2,1H3/t23-/m1/s1. The lowest BCUT2D eigenvalue weighted by Crippen LogP contribution is -2.39. The number of rotatable bonds is 3. The summed E-state index contributed by atoms with van der Waals surface area (Å²) in [5.41, 5.74) is 8.60. The summed E-state index contributed by atoms with van der Waals surface area (Å²) < 4.78 is 51.2. The number of nitriles is 1. The molecule has 2 aliphatic rings. The molecule has 2 aliphatic heterocycles. The third-order valence-corrected chi connectivity index (χ3v) is 8.41. The lowest BCUT2D eigenvalue weighted by Gasteiger charge is -2.38. The molecule has 9 heteroatoms. The molecule has 3 aromatic rings. The van der Waals surface area contributed by atoms with E-state index in [1.165, 1.54) is 22.5 Å². The number of aryl methyl sites for hydroxylation is 1. The van der Waals surface area contributed by atoms with E-state index in [0.717, 1.165) is 11.1 Å². The van der Waals surface area contributed by atoms with Gasteiger partial charge in [0.05, 0.1) is 18.2 Å². The summed E-state index contributed by atoms with van der Waals surface area (Å²) in [6, 6.07) is 20.6. The molecule has 5 rings (SSSR count). The molecule has 0 fully saturated rings. The molecule has 6 nitrogen and oxygen atoms in total. The summed E-state index contributed by atoms with van der Waals surface area (Å²) in [6.07, 6.45) is 0. The van der Waals surface area contributed by atoms with E-state index in [0.29, 0.717) is 15.7 Å². The van der Waals surface area contributed by atoms with Gasteiger partial charge in [-0.2, -0.15) is 5.26 Å². The molecule has 0 bridgehead atoms. The molecule has 0 aliphatic carbocycles. The summed E-state index contributed by atoms with van der Waals surface area (Å²) >= 11 is 3.32. The molecule has 0 saturated heterocycles. The average molecular weight is 552 g/mol. The van der Waals surface area contributed by atoms with Gasteiger partial charge >= 0.3 is 0 Å². The molecule has 0 radical (unpaired) electrons. The normalized spacial score (nSPS) is 18.5. The van der Waals surface area contributed by atoms with Crippen LogP contribution in [0, 0.1) is 24.1 Å². The van der Waals surface area contributed by atoms with Crippen LogP contribution in [0.4, 0.5) is 10.1 Å². The molecular weight excluding hydrogens is 533 g/mol. The van der Waals surface area contributed by atoms with E-state index < -0.39 is 21.8 Å². The number of hydrogen-bond acceptors (Lipinski definition) is 5. The predicted molar refractivity (Wildman–Crippen MR) is 134 cm³/mol. The number of hydrogen-bond donors (Lipinski definition) is 1. The Kier molecular flexibility index (Phi) is 5.66. The molecule has 3 aromatic carbocycles. The lowest BCUT2D eigenvalue weighted by atomic mass is 9.88. The van der Waals surface area contributed by atoms with Crippen LogP contribution in [-0.4, -0.2) is 8.42 Å². The van der Waals surface area contributed by atoms with E-state index in [4.69, 9.17) is 10.5 Å². The maximum atomic E-state index is 15.1. The Balaban J connectivity index is 1.79. The Morgan fingerprint density at radius 2 is 1.91 bits per heavy atom. The fourth-order valence-electron chi connectivity index (χ4n) is 4.50. The molecule has 0 unspecified atom stereocenters. The first kappa shape index (κ1) is 23.1. The summed E-state index contributed by atoms with van der Waals surface area (Å²) in [7, 11) is -4.28. The summed E-state index contributed by atoms with van der Waals surface area (Å²) in [6.45, 7) is 1.98. The number of allylic oxidation sites excluding steroid dienone is 2. The number of anilines is 1. The van der Waals surface area contributed by atoms with Gasteiger partial charge in [0.2, 0.25) is 5.88 Å². The zero-order valence-corrected chi connectivity index (χ0v) is 20.9. The van der Waals surface area contributed by atoms with Crippen molar-refractivity contribution in [2.75, 3.05) is 4.31 Å². The Morgan fingerprint density at radius 3 is 2.66 bits per heavy atom. The Labute approximate surface area is 210 Å². The second kappa shape index (κ2) is 8.56. The number of halogens is 2. The number of sulfonamides is 1. The van der Waals surface area contributed by atoms with E-state index in [2.05, 4.69) is 15.9 Å². The van der Waals surface area contributed by atoms with Crippen molar-refractivity contribution in [3.8, 4) is 6.07 Å². The first-order valence-corrected chi connectivity index (χ1v) is 12.9. The maximum absolute atomic E-state index is 15.1. The maximum Gasteiger partial charge on any atom is 0.265 e. The Morgan fingerprint density at radius 1 is 1.14 bits per heavy atom. The number of benzene rings is 3. The second-order valence-electron chi connectivity index (χ2n) is 8.30. The van der Waals surface area contributed by atoms with Gasteiger partial charge in [0, 0.05) is 15.6 Å². The minimum Gasteiger partial charge on any atom is -0.439 e. The van der Waals surface area contributed by atoms with E-state index >= 15 is 4.39 Å². The minimum absolute atomic E-state index is 0.00182. The predicted octanol–water partition coefficient (Wildman–Crippen LogP) is 5.42. The van der Waals surface area contributed by atoms with Crippen molar-refractivity contribution in [3.05, 3.63) is 116 Å². The van der Waals surface area contributed by atoms with Gasteiger partial charge < -0.3 is 10.5 Å². The van der Waals surface area contributed by atoms with Gasteiger partial charge in [0.15, 0.2) is 5.76 Å². The molecule has 0 saturated carbocycles. The number of nitrogens with two attached hydrogens (primary N) is 1. The quantitative estimate of drug-likeness (QED) is 0.468. The summed E-state index contributed by atoms with van der Waals surface area (Å²) in [5, 5.41) is 9.91. The van der Waals surface area contributed by atoms with Crippen molar-refractivity contribution in [2.24, 2.45) is 5.73 Å². The van der Waals surface area contributed by atoms with Crippen LogP contribution in [0.2, 0.25) is 0 Å². The summed E-state index contributed by atoms with van der Waals surface area (Å²) in [4.78, 5) is -0.216. The molecule has 0 aromatic heterocycles. The fraction of sp³-hybridized carbons (Fsp3) is 0.115. The second-order valence-corrected chi connectivity index (χ2v) is 11.0. The highest BCUT2D eigenvalue weighted by Gasteiger charge is 2.47. The van der Waals surface area contributed by atoms with Gasteiger partial charge in [-0.25, -0.2) is 12.8 Å². The van der Waals surface area contributed by atoms with E-state index in [1.54, 1.807) is 24.3 Å². The van der Waals surface area contributed by atoms with Crippen LogP contribution in [0.15, 0.2) is 87.6 Å². The van der Waals surface area contributed by atoms with Crippen LogP contribution in [-0.2, 0) is 21.3 Å². The van der Waals surface area contributed by atoms with Crippen LogP contribution < -0.4 is 10.0 Å². The lowest BCUT2D eigenvalue weighted by molar-refractivity contribution is 0.357. The largest absolute Gasteiger partial charge is 0.439 e. The van der Waals surface area contributed by atoms with E-state index in [1.807, 2.05) is 37.3 Å². The van der Waals surface area contributed by atoms with Crippen molar-refractivity contribution in [1.82, 2.24) is 0 Å². The van der Waals surface area contributed by atoms with Gasteiger partial charge in [0.1, 0.15) is 22.4 Å². The molecule has 2 heterocycles. The molecule has 0 amide bonds. The highest BCUT2D eigenvalue weighted by Crippen LogP contribution is 2.51. The van der Waals surface area contributed by atoms with Crippen LogP contribution in [0.1, 0.15) is 28.2 Å². The van der Waals surface area contributed by atoms with Gasteiger partial charge in [-0.15, -0.1) is 0 Å². The van der Waals surface area contributed by atoms with Crippen molar-refractivity contribution < 1.29 is 17.5 Å². The Hall–Kier alpha value is -3.61. The van der Waals surface area contributed by atoms with Gasteiger partial charge in [0.25, 0.3) is 10.0 Å². The molecule has 0 spiro atoms. The topological polar surface area (TPSA) is 96.4 Å². The van der Waals surface area contributed by atoms with Crippen LogP contribution >= 0.6 is 15.9 Å². The first-order valence-electron chi connectivity index (χ1n) is 10.7. The smallest absolute Gasteiger partial charge is 0.265 e. The van der Waals surface area contributed by atoms with Gasteiger partial charge in [-0.1, -0.05) is 57.9 Å². The number of nitrogens with zero attached hydrogens (tertiary/aromatic N) is 2. The zero-order chi connectivity index (χ0) is 24.9. The van der Waals surface area contributed by atoms with E-state index in [9.17, 15) is 13.7 Å². The summed E-state index contributed by atoms with van der Waals surface area (Å²) in [5.74, 6) is -2.19. The third-order valence-electron chi connectivity index (χ3n) is 6.04. The molecule has 176 valence electrons. The average Bonchev–Trinajstić information content (AvgIpc) is 2.82. The molecule has 1 atom stereocenters. The highest BCUT2D eigenvalue weighted by atomic mass is 79.9. The fourth-order valence-corrected chi connectivity index (χ4v) is 6.79. The number of ether oxygens (including phenoxy) is 1. The Bertz CT molecular complexity index is 1590. The van der Waals surface area contributed by atoms with Crippen LogP contribution in [0.25, 0.3) is 5.76 Å². The van der Waals surface area contributed by atoms with E-state index in [-0.39, 0.29) is 34.2 Å².